The van der Waals surface area contributed by atoms with Crippen LogP contribution in [0.5, 0.6) is 0 Å². The van der Waals surface area contributed by atoms with Crippen molar-refractivity contribution < 1.29 is 10.2 Å². The van der Waals surface area contributed by atoms with Crippen LogP contribution >= 0.6 is 0 Å². The molecular formula is C12H20O2. The molecule has 2 N–H and O–H groups in total. The molecule has 14 heavy (non-hydrogen) atoms. The SMILES string of the molecule is C=C(C)C1CC=C(C)C(O)(CCO)C1. The predicted octanol–water partition coefficient (Wildman–Crippen LogP) is 2.03. The van der Waals surface area contributed by atoms with E-state index in [2.05, 4.69) is 12.7 Å². The second-order valence-electron chi connectivity index (χ2n) is 4.38. The van der Waals surface area contributed by atoms with E-state index < -0.39 is 5.60 Å². The van der Waals surface area contributed by atoms with Crippen molar-refractivity contribution in [2.24, 2.45) is 5.92 Å². The Morgan fingerprint density at radius 1 is 1.71 bits per heavy atom. The Morgan fingerprint density at radius 2 is 2.36 bits per heavy atom. The number of hydrogen-bond acceptors (Lipinski definition) is 2. The Labute approximate surface area is 86.0 Å². The summed E-state index contributed by atoms with van der Waals surface area (Å²) in [6.45, 7) is 7.89. The van der Waals surface area contributed by atoms with Crippen LogP contribution < -0.4 is 0 Å². The Balaban J connectivity index is 2.80. The third-order valence-corrected chi connectivity index (χ3v) is 3.25. The van der Waals surface area contributed by atoms with E-state index in [4.69, 9.17) is 5.11 Å². The summed E-state index contributed by atoms with van der Waals surface area (Å²) in [6, 6.07) is 0. The van der Waals surface area contributed by atoms with Crippen LogP contribution in [0.4, 0.5) is 0 Å². The van der Waals surface area contributed by atoms with E-state index in [1.807, 2.05) is 13.8 Å². The molecule has 0 aromatic rings. The van der Waals surface area contributed by atoms with Crippen LogP contribution in [0.1, 0.15) is 33.1 Å². The van der Waals surface area contributed by atoms with Crippen molar-refractivity contribution in [1.82, 2.24) is 0 Å². The van der Waals surface area contributed by atoms with Gasteiger partial charge in [0.2, 0.25) is 0 Å². The summed E-state index contributed by atoms with van der Waals surface area (Å²) in [4.78, 5) is 0. The van der Waals surface area contributed by atoms with Gasteiger partial charge in [-0.3, -0.25) is 0 Å². The molecule has 2 atom stereocenters. The first-order valence-electron chi connectivity index (χ1n) is 5.15. The fraction of sp³-hybridized carbons (Fsp3) is 0.667. The zero-order valence-electron chi connectivity index (χ0n) is 9.08. The Hall–Kier alpha value is -0.600. The molecule has 0 fully saturated rings. The van der Waals surface area contributed by atoms with Gasteiger partial charge in [-0.25, -0.2) is 0 Å². The lowest BCUT2D eigenvalue weighted by atomic mass is 9.74. The van der Waals surface area contributed by atoms with Crippen LogP contribution in [-0.2, 0) is 0 Å². The van der Waals surface area contributed by atoms with Crippen LogP contribution in [0.25, 0.3) is 0 Å². The predicted molar refractivity (Wildman–Crippen MR) is 57.9 cm³/mol. The van der Waals surface area contributed by atoms with Gasteiger partial charge in [0, 0.05) is 13.0 Å². The standard InChI is InChI=1S/C12H20O2/c1-9(2)11-5-4-10(3)12(14,8-11)6-7-13/h4,11,13-14H,1,5-8H2,2-3H3. The molecule has 0 spiro atoms. The van der Waals surface area contributed by atoms with Gasteiger partial charge in [0.05, 0.1) is 5.60 Å². The zero-order valence-corrected chi connectivity index (χ0v) is 9.08. The average Bonchev–Trinajstić information content (AvgIpc) is 2.10. The molecule has 2 unspecified atom stereocenters. The molecule has 0 radical (unpaired) electrons. The highest BCUT2D eigenvalue weighted by Gasteiger charge is 2.34. The lowest BCUT2D eigenvalue weighted by Crippen LogP contribution is -2.36. The van der Waals surface area contributed by atoms with Crippen molar-refractivity contribution in [2.45, 2.75) is 38.7 Å². The van der Waals surface area contributed by atoms with Gasteiger partial charge in [0.15, 0.2) is 0 Å². The van der Waals surface area contributed by atoms with E-state index in [9.17, 15) is 5.11 Å². The van der Waals surface area contributed by atoms with E-state index in [1.165, 1.54) is 0 Å². The second kappa shape index (κ2) is 4.28. The highest BCUT2D eigenvalue weighted by molar-refractivity contribution is 5.21. The molecule has 1 aliphatic rings. The minimum absolute atomic E-state index is 0.0323. The number of rotatable bonds is 3. The first-order valence-corrected chi connectivity index (χ1v) is 5.15. The van der Waals surface area contributed by atoms with Crippen molar-refractivity contribution in [3.8, 4) is 0 Å². The molecule has 0 aromatic heterocycles. The highest BCUT2D eigenvalue weighted by Crippen LogP contribution is 2.37. The van der Waals surface area contributed by atoms with Gasteiger partial charge in [-0.15, -0.1) is 0 Å². The Kier molecular flexibility index (Phi) is 3.51. The third-order valence-electron chi connectivity index (χ3n) is 3.25. The minimum Gasteiger partial charge on any atom is -0.396 e. The van der Waals surface area contributed by atoms with Crippen LogP contribution in [0, 0.1) is 5.92 Å². The van der Waals surface area contributed by atoms with Crippen LogP contribution in [0.15, 0.2) is 23.8 Å². The van der Waals surface area contributed by atoms with Gasteiger partial charge in [-0.1, -0.05) is 18.2 Å². The molecule has 2 nitrogen and oxygen atoms in total. The molecule has 1 aliphatic carbocycles. The van der Waals surface area contributed by atoms with Crippen LogP contribution in [-0.4, -0.2) is 22.4 Å². The summed E-state index contributed by atoms with van der Waals surface area (Å²) in [6.07, 6.45) is 4.16. The number of allylic oxidation sites excluding steroid dienone is 2. The Bertz CT molecular complexity index is 255. The monoisotopic (exact) mass is 196 g/mol. The first kappa shape index (κ1) is 11.5. The maximum Gasteiger partial charge on any atom is 0.0881 e. The maximum atomic E-state index is 10.3. The summed E-state index contributed by atoms with van der Waals surface area (Å²) in [5, 5.41) is 19.2. The van der Waals surface area contributed by atoms with Gasteiger partial charge in [0.25, 0.3) is 0 Å². The second-order valence-corrected chi connectivity index (χ2v) is 4.38. The fourth-order valence-electron chi connectivity index (χ4n) is 2.02. The van der Waals surface area contributed by atoms with Gasteiger partial charge in [-0.2, -0.15) is 0 Å². The van der Waals surface area contributed by atoms with E-state index in [1.54, 1.807) is 0 Å². The summed E-state index contributed by atoms with van der Waals surface area (Å²) < 4.78 is 0. The summed E-state index contributed by atoms with van der Waals surface area (Å²) in [5.41, 5.74) is 1.30. The number of hydrogen-bond donors (Lipinski definition) is 2. The molecule has 0 saturated heterocycles. The molecule has 0 amide bonds. The smallest absolute Gasteiger partial charge is 0.0881 e. The maximum absolute atomic E-state index is 10.3. The van der Waals surface area contributed by atoms with Crippen molar-refractivity contribution in [1.29, 1.82) is 0 Å². The van der Waals surface area contributed by atoms with E-state index in [0.29, 0.717) is 18.8 Å². The van der Waals surface area contributed by atoms with Gasteiger partial charge in [-0.05, 0) is 38.2 Å². The van der Waals surface area contributed by atoms with Crippen LogP contribution in [0.2, 0.25) is 0 Å². The Morgan fingerprint density at radius 3 is 2.86 bits per heavy atom. The van der Waals surface area contributed by atoms with E-state index in [0.717, 1.165) is 17.6 Å². The topological polar surface area (TPSA) is 40.5 Å². The number of aliphatic hydroxyl groups excluding tert-OH is 1. The minimum atomic E-state index is -0.809. The summed E-state index contributed by atoms with van der Waals surface area (Å²) in [5.74, 6) is 0.357. The van der Waals surface area contributed by atoms with Crippen molar-refractivity contribution >= 4 is 0 Å². The average molecular weight is 196 g/mol. The molecule has 1 rings (SSSR count). The van der Waals surface area contributed by atoms with Gasteiger partial charge >= 0.3 is 0 Å². The van der Waals surface area contributed by atoms with E-state index in [-0.39, 0.29) is 6.61 Å². The summed E-state index contributed by atoms with van der Waals surface area (Å²) >= 11 is 0. The summed E-state index contributed by atoms with van der Waals surface area (Å²) in [7, 11) is 0. The fourth-order valence-corrected chi connectivity index (χ4v) is 2.02. The van der Waals surface area contributed by atoms with Crippen molar-refractivity contribution in [3.05, 3.63) is 23.8 Å². The van der Waals surface area contributed by atoms with Crippen LogP contribution in [0.3, 0.4) is 0 Å². The zero-order chi connectivity index (χ0) is 10.8. The molecule has 0 aromatic carbocycles. The molecule has 0 aliphatic heterocycles. The molecule has 80 valence electrons. The molecule has 0 bridgehead atoms. The molecule has 0 saturated carbocycles. The van der Waals surface area contributed by atoms with Gasteiger partial charge < -0.3 is 10.2 Å². The van der Waals surface area contributed by atoms with Crippen molar-refractivity contribution in [3.63, 3.8) is 0 Å². The molecular weight excluding hydrogens is 176 g/mol. The largest absolute Gasteiger partial charge is 0.396 e. The number of aliphatic hydroxyl groups is 2. The molecule has 0 heterocycles. The normalized spacial score (nSPS) is 32.6. The lowest BCUT2D eigenvalue weighted by molar-refractivity contribution is 0.0253. The third kappa shape index (κ3) is 2.25. The van der Waals surface area contributed by atoms with E-state index >= 15 is 0 Å². The highest BCUT2D eigenvalue weighted by atomic mass is 16.3. The van der Waals surface area contributed by atoms with Crippen molar-refractivity contribution in [2.75, 3.05) is 6.61 Å². The first-order chi connectivity index (χ1) is 6.49. The lowest BCUT2D eigenvalue weighted by Gasteiger charge is -2.36. The molecule has 2 heteroatoms. The quantitative estimate of drug-likeness (QED) is 0.678. The van der Waals surface area contributed by atoms with Gasteiger partial charge in [0.1, 0.15) is 0 Å².